The van der Waals surface area contributed by atoms with Crippen LogP contribution in [0.3, 0.4) is 0 Å². The van der Waals surface area contributed by atoms with E-state index < -0.39 is 0 Å². The maximum absolute atomic E-state index is 5.10. The Balaban J connectivity index is 1.56. The maximum atomic E-state index is 5.10. The van der Waals surface area contributed by atoms with Crippen molar-refractivity contribution < 1.29 is 4.74 Å². The third kappa shape index (κ3) is 4.16. The van der Waals surface area contributed by atoms with E-state index in [-0.39, 0.29) is 0 Å². The largest absolute Gasteiger partial charge is 0.384 e. The van der Waals surface area contributed by atoms with E-state index in [0.29, 0.717) is 0 Å². The van der Waals surface area contributed by atoms with Gasteiger partial charge in [0.2, 0.25) is 0 Å². The van der Waals surface area contributed by atoms with Gasteiger partial charge in [0.25, 0.3) is 0 Å². The van der Waals surface area contributed by atoms with E-state index in [1.54, 1.807) is 7.11 Å². The molecule has 1 aliphatic carbocycles. The zero-order valence-corrected chi connectivity index (χ0v) is 12.6. The lowest BCUT2D eigenvalue weighted by Crippen LogP contribution is -2.16. The van der Waals surface area contributed by atoms with E-state index in [1.807, 2.05) is 6.20 Å². The Kier molecular flexibility index (Phi) is 4.68. The van der Waals surface area contributed by atoms with E-state index >= 15 is 0 Å². The van der Waals surface area contributed by atoms with Gasteiger partial charge in [-0.05, 0) is 42.9 Å². The minimum Gasteiger partial charge on any atom is -0.384 e. The molecule has 0 saturated heterocycles. The van der Waals surface area contributed by atoms with Crippen LogP contribution in [0.2, 0.25) is 0 Å². The molecule has 0 unspecified atom stereocenters. The Labute approximate surface area is 125 Å². The third-order valence-electron chi connectivity index (χ3n) is 3.91. The average molecular weight is 285 g/mol. The van der Waals surface area contributed by atoms with Crippen molar-refractivity contribution in [3.05, 3.63) is 41.9 Å². The highest BCUT2D eigenvalue weighted by Gasteiger charge is 2.20. The molecule has 1 heterocycles. The van der Waals surface area contributed by atoms with Gasteiger partial charge >= 0.3 is 0 Å². The van der Waals surface area contributed by atoms with Gasteiger partial charge in [0.15, 0.2) is 0 Å². The van der Waals surface area contributed by atoms with Crippen molar-refractivity contribution in [3.63, 3.8) is 0 Å². The molecule has 4 heteroatoms. The number of imidazole rings is 1. The number of methoxy groups -OCH3 is 1. The summed E-state index contributed by atoms with van der Waals surface area (Å²) in [4.78, 5) is 7.83. The molecule has 1 aliphatic rings. The molecular weight excluding hydrogens is 262 g/mol. The summed E-state index contributed by atoms with van der Waals surface area (Å²) in [6.45, 7) is 2.70. The second kappa shape index (κ2) is 6.87. The molecule has 1 fully saturated rings. The number of rotatable bonds is 8. The van der Waals surface area contributed by atoms with Gasteiger partial charge in [0.05, 0.1) is 25.0 Å². The molecule has 3 rings (SSSR count). The second-order valence-corrected chi connectivity index (χ2v) is 5.76. The van der Waals surface area contributed by atoms with Crippen molar-refractivity contribution >= 4 is 0 Å². The van der Waals surface area contributed by atoms with Crippen molar-refractivity contribution in [2.45, 2.75) is 25.8 Å². The van der Waals surface area contributed by atoms with Gasteiger partial charge in [-0.15, -0.1) is 0 Å². The molecule has 4 nitrogen and oxygen atoms in total. The van der Waals surface area contributed by atoms with Crippen LogP contribution in [0.5, 0.6) is 0 Å². The molecule has 0 atom stereocenters. The van der Waals surface area contributed by atoms with Gasteiger partial charge in [-0.2, -0.15) is 0 Å². The topological polar surface area (TPSA) is 49.9 Å². The van der Waals surface area contributed by atoms with Crippen molar-refractivity contribution in [2.24, 2.45) is 5.92 Å². The van der Waals surface area contributed by atoms with E-state index in [2.05, 4.69) is 39.6 Å². The molecular formula is C17H23N3O. The lowest BCUT2D eigenvalue weighted by atomic mass is 10.1. The summed E-state index contributed by atoms with van der Waals surface area (Å²) in [5, 5.41) is 3.45. The lowest BCUT2D eigenvalue weighted by Gasteiger charge is -2.03. The molecule has 1 saturated carbocycles. The van der Waals surface area contributed by atoms with Crippen LogP contribution in [0.1, 0.15) is 24.2 Å². The summed E-state index contributed by atoms with van der Waals surface area (Å²) < 4.78 is 5.10. The van der Waals surface area contributed by atoms with Crippen LogP contribution < -0.4 is 5.32 Å². The summed E-state index contributed by atoms with van der Waals surface area (Å²) in [5.41, 5.74) is 3.56. The summed E-state index contributed by atoms with van der Waals surface area (Å²) in [6.07, 6.45) is 5.63. The van der Waals surface area contributed by atoms with Crippen molar-refractivity contribution in [2.75, 3.05) is 20.3 Å². The van der Waals surface area contributed by atoms with Crippen LogP contribution in [-0.4, -0.2) is 30.2 Å². The quantitative estimate of drug-likeness (QED) is 0.784. The molecule has 112 valence electrons. The van der Waals surface area contributed by atoms with Crippen LogP contribution >= 0.6 is 0 Å². The summed E-state index contributed by atoms with van der Waals surface area (Å²) in [6, 6.07) is 8.58. The van der Waals surface area contributed by atoms with Crippen molar-refractivity contribution in [3.8, 4) is 11.3 Å². The Morgan fingerprint density at radius 3 is 2.81 bits per heavy atom. The van der Waals surface area contributed by atoms with E-state index in [0.717, 1.165) is 43.6 Å². The van der Waals surface area contributed by atoms with Gasteiger partial charge in [0.1, 0.15) is 5.82 Å². The van der Waals surface area contributed by atoms with Crippen LogP contribution in [0.25, 0.3) is 11.3 Å². The van der Waals surface area contributed by atoms with Crippen LogP contribution in [-0.2, 0) is 17.7 Å². The first-order valence-electron chi connectivity index (χ1n) is 7.68. The second-order valence-electron chi connectivity index (χ2n) is 5.76. The predicted molar refractivity (Wildman–Crippen MR) is 84.0 cm³/mol. The molecule has 0 spiro atoms. The SMILES string of the molecule is COCCc1ccc(-c2cnc(CNCC3CC3)[nH]2)cc1. The van der Waals surface area contributed by atoms with Crippen molar-refractivity contribution in [1.82, 2.24) is 15.3 Å². The van der Waals surface area contributed by atoms with E-state index in [1.165, 1.54) is 24.0 Å². The number of nitrogens with zero attached hydrogens (tertiary/aromatic N) is 1. The smallest absolute Gasteiger partial charge is 0.120 e. The maximum Gasteiger partial charge on any atom is 0.120 e. The zero-order chi connectivity index (χ0) is 14.5. The minimum absolute atomic E-state index is 0.764. The Morgan fingerprint density at radius 2 is 2.10 bits per heavy atom. The number of aromatic amines is 1. The normalized spacial score (nSPS) is 14.5. The number of hydrogen-bond acceptors (Lipinski definition) is 3. The summed E-state index contributed by atoms with van der Waals surface area (Å²) in [5.74, 6) is 1.91. The van der Waals surface area contributed by atoms with Gasteiger partial charge in [-0.1, -0.05) is 24.3 Å². The Bertz CT molecular complexity index is 558. The molecule has 2 aromatic rings. The summed E-state index contributed by atoms with van der Waals surface area (Å²) >= 11 is 0. The fraction of sp³-hybridized carbons (Fsp3) is 0.471. The zero-order valence-electron chi connectivity index (χ0n) is 12.6. The standard InChI is InChI=1S/C17H23N3O/c1-21-9-8-13-4-6-15(7-5-13)16-11-19-17(20-16)12-18-10-14-2-3-14/h4-7,11,14,18H,2-3,8-10,12H2,1H3,(H,19,20). The fourth-order valence-corrected chi connectivity index (χ4v) is 2.39. The number of ether oxygens (including phenoxy) is 1. The van der Waals surface area contributed by atoms with E-state index in [9.17, 15) is 0 Å². The molecule has 2 N–H and O–H groups in total. The number of benzene rings is 1. The number of hydrogen-bond donors (Lipinski definition) is 2. The molecule has 0 amide bonds. The van der Waals surface area contributed by atoms with Gasteiger partial charge in [-0.3, -0.25) is 0 Å². The molecule has 1 aromatic carbocycles. The lowest BCUT2D eigenvalue weighted by molar-refractivity contribution is 0.202. The van der Waals surface area contributed by atoms with Gasteiger partial charge in [0, 0.05) is 7.11 Å². The molecule has 0 bridgehead atoms. The van der Waals surface area contributed by atoms with Crippen LogP contribution in [0.4, 0.5) is 0 Å². The number of nitrogens with one attached hydrogen (secondary N) is 2. The van der Waals surface area contributed by atoms with Crippen LogP contribution in [0.15, 0.2) is 30.5 Å². The first-order valence-corrected chi connectivity index (χ1v) is 7.68. The highest BCUT2D eigenvalue weighted by molar-refractivity contribution is 5.58. The molecule has 21 heavy (non-hydrogen) atoms. The predicted octanol–water partition coefficient (Wildman–Crippen LogP) is 2.77. The average Bonchev–Trinajstić information content (AvgIpc) is 3.22. The minimum atomic E-state index is 0.764. The molecule has 0 radical (unpaired) electrons. The monoisotopic (exact) mass is 285 g/mol. The van der Waals surface area contributed by atoms with E-state index in [4.69, 9.17) is 4.74 Å². The first-order chi connectivity index (χ1) is 10.3. The Morgan fingerprint density at radius 1 is 1.29 bits per heavy atom. The Hall–Kier alpha value is -1.65. The highest BCUT2D eigenvalue weighted by atomic mass is 16.5. The highest BCUT2D eigenvalue weighted by Crippen LogP contribution is 2.27. The fourth-order valence-electron chi connectivity index (χ4n) is 2.39. The first kappa shape index (κ1) is 14.3. The summed E-state index contributed by atoms with van der Waals surface area (Å²) in [7, 11) is 1.73. The molecule has 1 aromatic heterocycles. The van der Waals surface area contributed by atoms with Crippen molar-refractivity contribution in [1.29, 1.82) is 0 Å². The third-order valence-corrected chi connectivity index (χ3v) is 3.91. The number of H-pyrrole nitrogens is 1. The molecule has 0 aliphatic heterocycles. The number of aromatic nitrogens is 2. The van der Waals surface area contributed by atoms with Gasteiger partial charge < -0.3 is 15.0 Å². The van der Waals surface area contributed by atoms with Crippen LogP contribution in [0, 0.1) is 5.92 Å². The van der Waals surface area contributed by atoms with Gasteiger partial charge in [-0.25, -0.2) is 4.98 Å².